The highest BCUT2D eigenvalue weighted by molar-refractivity contribution is 8.26. The van der Waals surface area contributed by atoms with Gasteiger partial charge in [-0.05, 0) is 36.8 Å². The lowest BCUT2D eigenvalue weighted by Crippen LogP contribution is -2.46. The number of thioether (sulfide) groups is 1. The molecule has 0 unspecified atom stereocenters. The van der Waals surface area contributed by atoms with E-state index in [1.54, 1.807) is 30.7 Å². The van der Waals surface area contributed by atoms with Crippen LogP contribution in [0.15, 0.2) is 50.8 Å². The van der Waals surface area contributed by atoms with Gasteiger partial charge in [0.1, 0.15) is 21.5 Å². The number of thiocarbonyl (C=S) groups is 1. The Kier molecular flexibility index (Phi) is 5.95. The molecule has 1 spiro atoms. The fraction of sp³-hybridized carbons (Fsp3) is 0.360. The van der Waals surface area contributed by atoms with Gasteiger partial charge in [-0.15, -0.1) is 0 Å². The summed E-state index contributed by atoms with van der Waals surface area (Å²) in [6, 6.07) is 7.31. The Morgan fingerprint density at radius 3 is 2.67 bits per heavy atom. The van der Waals surface area contributed by atoms with Gasteiger partial charge in [0.05, 0.1) is 36.5 Å². The van der Waals surface area contributed by atoms with Crippen molar-refractivity contribution in [1.82, 2.24) is 14.3 Å². The van der Waals surface area contributed by atoms with Gasteiger partial charge in [0.15, 0.2) is 5.79 Å². The van der Waals surface area contributed by atoms with Gasteiger partial charge >= 0.3 is 0 Å². The smallest absolute Gasteiger partial charge is 0.267 e. The molecule has 6 rings (SSSR count). The van der Waals surface area contributed by atoms with E-state index >= 15 is 0 Å². The van der Waals surface area contributed by atoms with Crippen LogP contribution in [0.25, 0.3) is 11.7 Å². The molecule has 36 heavy (non-hydrogen) atoms. The van der Waals surface area contributed by atoms with Crippen LogP contribution in [0.3, 0.4) is 0 Å². The number of furan rings is 1. The van der Waals surface area contributed by atoms with Gasteiger partial charge in [0.2, 0.25) is 0 Å². The summed E-state index contributed by atoms with van der Waals surface area (Å²) in [7, 11) is 0. The quantitative estimate of drug-likeness (QED) is 0.377. The van der Waals surface area contributed by atoms with Crippen molar-refractivity contribution in [1.29, 1.82) is 0 Å². The largest absolute Gasteiger partial charge is 0.467 e. The number of pyridine rings is 1. The summed E-state index contributed by atoms with van der Waals surface area (Å²) in [4.78, 5) is 35.9. The monoisotopic (exact) mass is 524 g/mol. The number of amides is 1. The lowest BCUT2D eigenvalue weighted by atomic mass is 10.0. The zero-order chi connectivity index (χ0) is 24.9. The summed E-state index contributed by atoms with van der Waals surface area (Å²) >= 11 is 6.65. The van der Waals surface area contributed by atoms with Gasteiger partial charge in [-0.2, -0.15) is 0 Å². The second kappa shape index (κ2) is 9.15. The molecule has 3 fully saturated rings. The van der Waals surface area contributed by atoms with Gasteiger partial charge in [-0.25, -0.2) is 4.98 Å². The Balaban J connectivity index is 1.40. The molecule has 11 heteroatoms. The number of fused-ring (bicyclic) bond motifs is 1. The van der Waals surface area contributed by atoms with E-state index < -0.39 is 5.79 Å². The summed E-state index contributed by atoms with van der Waals surface area (Å²) < 4.78 is 19.1. The van der Waals surface area contributed by atoms with E-state index in [9.17, 15) is 9.59 Å². The number of hydrogen-bond donors (Lipinski definition) is 0. The minimum absolute atomic E-state index is 0.233. The normalized spacial score (nSPS) is 21.0. The molecule has 6 heterocycles. The number of nitrogens with zero attached hydrogens (tertiary/aromatic N) is 4. The van der Waals surface area contributed by atoms with Crippen LogP contribution in [0, 0.1) is 6.92 Å². The lowest BCUT2D eigenvalue weighted by molar-refractivity contribution is -0.169. The molecule has 186 valence electrons. The SMILES string of the molecule is Cc1cccn2c(=O)c(/C=C3/SC(=S)N(Cc4ccco4)C3=O)c(N3CCC4(CC3)OCCO4)nc12. The first-order chi connectivity index (χ1) is 17.4. The minimum Gasteiger partial charge on any atom is -0.467 e. The fourth-order valence-electron chi connectivity index (χ4n) is 4.84. The number of aromatic nitrogens is 2. The third-order valence-electron chi connectivity index (χ3n) is 6.75. The predicted molar refractivity (Wildman–Crippen MR) is 140 cm³/mol. The van der Waals surface area contributed by atoms with Crippen molar-refractivity contribution in [2.75, 3.05) is 31.2 Å². The van der Waals surface area contributed by atoms with Gasteiger partial charge in [-0.3, -0.25) is 18.9 Å². The molecule has 0 saturated carbocycles. The molecule has 0 atom stereocenters. The first-order valence-electron chi connectivity index (χ1n) is 11.8. The summed E-state index contributed by atoms with van der Waals surface area (Å²) in [6.45, 7) is 4.60. The Hall–Kier alpha value is -2.99. The standard InChI is InChI=1S/C25H24N4O5S2/c1-16-4-2-8-28-20(16)26-21(27-9-6-25(7-10-27)33-12-13-34-25)18(22(28)30)14-19-23(31)29(24(35)36-19)15-17-5-3-11-32-17/h2-5,8,11,14H,6-7,9-10,12-13,15H2,1H3/b19-14+. The van der Waals surface area contributed by atoms with Crippen LogP contribution >= 0.6 is 24.0 Å². The summed E-state index contributed by atoms with van der Waals surface area (Å²) in [6.07, 6.45) is 6.24. The number of carbonyl (C=O) groups is 1. The van der Waals surface area contributed by atoms with Gasteiger partial charge in [0, 0.05) is 32.1 Å². The van der Waals surface area contributed by atoms with E-state index in [2.05, 4.69) is 4.90 Å². The number of ether oxygens (including phenoxy) is 2. The number of piperidine rings is 1. The minimum atomic E-state index is -0.549. The number of hydrogen-bond acceptors (Lipinski definition) is 9. The van der Waals surface area contributed by atoms with Crippen LogP contribution in [-0.2, 0) is 20.8 Å². The molecule has 9 nitrogen and oxygen atoms in total. The van der Waals surface area contributed by atoms with Crippen molar-refractivity contribution in [3.05, 3.63) is 68.9 Å². The van der Waals surface area contributed by atoms with Crippen LogP contribution in [0.1, 0.15) is 29.7 Å². The van der Waals surface area contributed by atoms with Crippen molar-refractivity contribution in [3.8, 4) is 0 Å². The van der Waals surface area contributed by atoms with E-state index in [1.165, 1.54) is 21.1 Å². The third kappa shape index (κ3) is 4.05. The maximum absolute atomic E-state index is 13.7. The zero-order valence-electron chi connectivity index (χ0n) is 19.6. The summed E-state index contributed by atoms with van der Waals surface area (Å²) in [5.41, 5.74) is 1.61. The highest BCUT2D eigenvalue weighted by atomic mass is 32.2. The molecular weight excluding hydrogens is 500 g/mol. The van der Waals surface area contributed by atoms with E-state index in [0.29, 0.717) is 71.2 Å². The number of anilines is 1. The van der Waals surface area contributed by atoms with Crippen molar-refractivity contribution in [2.45, 2.75) is 32.1 Å². The maximum atomic E-state index is 13.7. The van der Waals surface area contributed by atoms with E-state index in [1.807, 2.05) is 19.1 Å². The Labute approximate surface area is 216 Å². The van der Waals surface area contributed by atoms with Crippen molar-refractivity contribution in [3.63, 3.8) is 0 Å². The molecule has 0 aromatic carbocycles. The van der Waals surface area contributed by atoms with E-state index in [-0.39, 0.29) is 18.0 Å². The second-order valence-corrected chi connectivity index (χ2v) is 10.7. The molecule has 3 aliphatic rings. The molecule has 0 N–H and O–H groups in total. The van der Waals surface area contributed by atoms with E-state index in [0.717, 1.165) is 5.56 Å². The molecule has 1 amide bonds. The molecule has 0 bridgehead atoms. The van der Waals surface area contributed by atoms with Crippen molar-refractivity contribution in [2.24, 2.45) is 0 Å². The molecule has 0 aliphatic carbocycles. The Morgan fingerprint density at radius 1 is 1.17 bits per heavy atom. The topological polar surface area (TPSA) is 89.5 Å². The number of aryl methyl sites for hydroxylation is 1. The highest BCUT2D eigenvalue weighted by Gasteiger charge is 2.41. The highest BCUT2D eigenvalue weighted by Crippen LogP contribution is 2.37. The van der Waals surface area contributed by atoms with Gasteiger partial charge in [-0.1, -0.05) is 30.0 Å². The van der Waals surface area contributed by atoms with E-state index in [4.69, 9.17) is 31.1 Å². The van der Waals surface area contributed by atoms with Crippen LogP contribution < -0.4 is 10.5 Å². The summed E-state index contributed by atoms with van der Waals surface area (Å²) in [5, 5.41) is 0. The first-order valence-corrected chi connectivity index (χ1v) is 13.0. The number of carbonyl (C=O) groups excluding carboxylic acids is 1. The van der Waals surface area contributed by atoms with Crippen LogP contribution in [0.2, 0.25) is 0 Å². The molecule has 3 saturated heterocycles. The zero-order valence-corrected chi connectivity index (χ0v) is 21.3. The average Bonchev–Trinajstić information content (AvgIpc) is 3.61. The van der Waals surface area contributed by atoms with Crippen molar-refractivity contribution >= 4 is 51.7 Å². The number of rotatable bonds is 4. The molecule has 3 aromatic rings. The van der Waals surface area contributed by atoms with Gasteiger partial charge < -0.3 is 18.8 Å². The summed E-state index contributed by atoms with van der Waals surface area (Å²) in [5.74, 6) is 0.381. The lowest BCUT2D eigenvalue weighted by Gasteiger charge is -2.38. The molecular formula is C25H24N4O5S2. The Morgan fingerprint density at radius 2 is 1.94 bits per heavy atom. The molecule has 0 radical (unpaired) electrons. The molecule has 3 aromatic heterocycles. The predicted octanol–water partition coefficient (Wildman–Crippen LogP) is 3.34. The van der Waals surface area contributed by atoms with Crippen LogP contribution in [0.5, 0.6) is 0 Å². The maximum Gasteiger partial charge on any atom is 0.267 e. The average molecular weight is 525 g/mol. The second-order valence-electron chi connectivity index (χ2n) is 8.98. The third-order valence-corrected chi connectivity index (χ3v) is 8.12. The van der Waals surface area contributed by atoms with Crippen LogP contribution in [0.4, 0.5) is 5.82 Å². The molecule has 3 aliphatic heterocycles. The fourth-order valence-corrected chi connectivity index (χ4v) is 6.08. The first kappa shape index (κ1) is 23.4. The van der Waals surface area contributed by atoms with Crippen molar-refractivity contribution < 1.29 is 18.7 Å². The Bertz CT molecular complexity index is 1430. The van der Waals surface area contributed by atoms with Gasteiger partial charge in [0.25, 0.3) is 11.5 Å². The van der Waals surface area contributed by atoms with Crippen LogP contribution in [-0.4, -0.2) is 56.6 Å².